The second-order valence-electron chi connectivity index (χ2n) is 7.48. The lowest BCUT2D eigenvalue weighted by Crippen LogP contribution is -2.38. The van der Waals surface area contributed by atoms with Crippen molar-refractivity contribution in [2.75, 3.05) is 24.5 Å². The lowest BCUT2D eigenvalue weighted by Gasteiger charge is -2.23. The van der Waals surface area contributed by atoms with Crippen LogP contribution in [0, 0.1) is 6.92 Å². The maximum Gasteiger partial charge on any atom is 0.262 e. The Morgan fingerprint density at radius 1 is 1.34 bits per heavy atom. The molecule has 0 radical (unpaired) electrons. The molecule has 0 bridgehead atoms. The number of fused-ring (bicyclic) bond motifs is 3. The Kier molecular flexibility index (Phi) is 5.67. The van der Waals surface area contributed by atoms with Crippen molar-refractivity contribution in [3.63, 3.8) is 0 Å². The number of carbonyl (C=O) groups excluding carboxylic acids is 1. The minimum Gasteiger partial charge on any atom is -0.370 e. The molecule has 0 saturated heterocycles. The van der Waals surface area contributed by atoms with Gasteiger partial charge in [-0.3, -0.25) is 14.2 Å². The molecule has 0 aliphatic heterocycles. The number of hydrogen-bond donors (Lipinski definition) is 1. The van der Waals surface area contributed by atoms with Gasteiger partial charge < -0.3 is 10.2 Å². The molecule has 4 rings (SSSR count). The Morgan fingerprint density at radius 2 is 2.21 bits per heavy atom. The van der Waals surface area contributed by atoms with E-state index in [1.165, 1.54) is 21.3 Å². The van der Waals surface area contributed by atoms with E-state index in [1.807, 2.05) is 6.07 Å². The quantitative estimate of drug-likeness (QED) is 0.650. The molecule has 1 amide bonds. The predicted octanol–water partition coefficient (Wildman–Crippen LogP) is 2.90. The minimum atomic E-state index is -0.166. The number of hydrogen-bond acceptors (Lipinski definition) is 5. The van der Waals surface area contributed by atoms with E-state index in [0.29, 0.717) is 6.54 Å². The number of anilines is 1. The van der Waals surface area contributed by atoms with Crippen molar-refractivity contribution in [2.24, 2.45) is 0 Å². The molecule has 2 aromatic heterocycles. The monoisotopic (exact) mass is 410 g/mol. The molecule has 29 heavy (non-hydrogen) atoms. The van der Waals surface area contributed by atoms with Crippen LogP contribution in [0.25, 0.3) is 10.2 Å². The largest absolute Gasteiger partial charge is 0.370 e. The summed E-state index contributed by atoms with van der Waals surface area (Å²) < 4.78 is 1.43. The van der Waals surface area contributed by atoms with E-state index in [9.17, 15) is 9.59 Å². The fourth-order valence-electron chi connectivity index (χ4n) is 3.97. The first kappa shape index (κ1) is 19.6. The smallest absolute Gasteiger partial charge is 0.262 e. The zero-order valence-corrected chi connectivity index (χ0v) is 17.7. The number of aromatic nitrogens is 2. The minimum absolute atomic E-state index is 0.00294. The van der Waals surface area contributed by atoms with Crippen LogP contribution < -0.4 is 15.8 Å². The molecule has 3 aromatic rings. The average Bonchev–Trinajstić information content (AvgIpc) is 3.28. The van der Waals surface area contributed by atoms with Gasteiger partial charge in [0, 0.05) is 30.2 Å². The van der Waals surface area contributed by atoms with Crippen LogP contribution in [0.3, 0.4) is 0 Å². The van der Waals surface area contributed by atoms with E-state index < -0.39 is 0 Å². The summed E-state index contributed by atoms with van der Waals surface area (Å²) in [5, 5.41) is 3.65. The number of rotatable bonds is 7. The third kappa shape index (κ3) is 4.05. The highest BCUT2D eigenvalue weighted by molar-refractivity contribution is 7.18. The van der Waals surface area contributed by atoms with Crippen molar-refractivity contribution in [3.8, 4) is 0 Å². The Morgan fingerprint density at radius 3 is 3.00 bits per heavy atom. The van der Waals surface area contributed by atoms with Gasteiger partial charge in [0.1, 0.15) is 11.4 Å². The van der Waals surface area contributed by atoms with Crippen molar-refractivity contribution < 1.29 is 4.79 Å². The lowest BCUT2D eigenvalue weighted by atomic mass is 10.2. The molecule has 1 N–H and O–H groups in total. The van der Waals surface area contributed by atoms with Crippen LogP contribution in [0.2, 0.25) is 0 Å². The second-order valence-corrected chi connectivity index (χ2v) is 8.57. The highest BCUT2D eigenvalue weighted by atomic mass is 32.1. The summed E-state index contributed by atoms with van der Waals surface area (Å²) in [5.74, 6) is -0.166. The van der Waals surface area contributed by atoms with E-state index in [1.54, 1.807) is 11.3 Å². The number of amides is 1. The van der Waals surface area contributed by atoms with E-state index >= 15 is 0 Å². The third-order valence-corrected chi connectivity index (χ3v) is 6.66. The van der Waals surface area contributed by atoms with Gasteiger partial charge in [0.25, 0.3) is 5.56 Å². The second kappa shape index (κ2) is 8.37. The van der Waals surface area contributed by atoms with E-state index in [2.05, 4.69) is 47.2 Å². The standard InChI is InChI=1S/C22H26N4O2S/c1-3-25(16-7-4-6-15(2)12-16)11-10-23-19(27)13-26-14-24-21-20(22(26)28)17-8-5-9-18(17)29-21/h4,6-7,12,14H,3,5,8-11,13H2,1-2H3,(H,23,27). The van der Waals surface area contributed by atoms with Gasteiger partial charge >= 0.3 is 0 Å². The summed E-state index contributed by atoms with van der Waals surface area (Å²) in [4.78, 5) is 34.0. The Bertz CT molecular complexity index is 1100. The van der Waals surface area contributed by atoms with Gasteiger partial charge in [-0.05, 0) is 56.4 Å². The van der Waals surface area contributed by atoms with Crippen LogP contribution in [-0.4, -0.2) is 35.1 Å². The highest BCUT2D eigenvalue weighted by Gasteiger charge is 2.21. The SMILES string of the molecule is CCN(CCNC(=O)Cn1cnc2sc3c(c2c1=O)CCC3)c1cccc(C)c1. The molecule has 0 spiro atoms. The average molecular weight is 411 g/mol. The van der Waals surface area contributed by atoms with Crippen LogP contribution in [0.5, 0.6) is 0 Å². The van der Waals surface area contributed by atoms with Crippen LogP contribution in [0.4, 0.5) is 5.69 Å². The van der Waals surface area contributed by atoms with Crippen molar-refractivity contribution in [1.29, 1.82) is 0 Å². The molecular weight excluding hydrogens is 384 g/mol. The van der Waals surface area contributed by atoms with Crippen molar-refractivity contribution >= 4 is 33.1 Å². The molecule has 6 nitrogen and oxygen atoms in total. The Labute approximate surface area is 174 Å². The van der Waals surface area contributed by atoms with Crippen molar-refractivity contribution in [3.05, 3.63) is 57.0 Å². The first-order valence-corrected chi connectivity index (χ1v) is 11.0. The van der Waals surface area contributed by atoms with Crippen LogP contribution in [0.15, 0.2) is 35.4 Å². The summed E-state index contributed by atoms with van der Waals surface area (Å²) in [5.41, 5.74) is 3.42. The summed E-state index contributed by atoms with van der Waals surface area (Å²) in [6.07, 6.45) is 4.57. The molecule has 152 valence electrons. The van der Waals surface area contributed by atoms with Gasteiger partial charge in [-0.25, -0.2) is 4.98 Å². The number of nitrogens with one attached hydrogen (secondary N) is 1. The molecule has 1 aromatic carbocycles. The Balaban J connectivity index is 1.39. The topological polar surface area (TPSA) is 67.2 Å². The summed E-state index contributed by atoms with van der Waals surface area (Å²) in [7, 11) is 0. The van der Waals surface area contributed by atoms with Gasteiger partial charge in [-0.15, -0.1) is 11.3 Å². The number of likely N-dealkylation sites (N-methyl/N-ethyl adjacent to an activating group) is 1. The van der Waals surface area contributed by atoms with Gasteiger partial charge in [0.05, 0.1) is 11.7 Å². The van der Waals surface area contributed by atoms with E-state index in [4.69, 9.17) is 0 Å². The molecule has 1 aliphatic carbocycles. The number of carbonyl (C=O) groups is 1. The van der Waals surface area contributed by atoms with Gasteiger partial charge in [0.15, 0.2) is 0 Å². The fourth-order valence-corrected chi connectivity index (χ4v) is 5.19. The molecule has 2 heterocycles. The third-order valence-electron chi connectivity index (χ3n) is 5.46. The number of thiophene rings is 1. The molecule has 0 atom stereocenters. The Hall–Kier alpha value is -2.67. The molecule has 1 aliphatic rings. The number of nitrogens with zero attached hydrogens (tertiary/aromatic N) is 3. The molecular formula is C22H26N4O2S. The van der Waals surface area contributed by atoms with Gasteiger partial charge in [-0.1, -0.05) is 12.1 Å². The van der Waals surface area contributed by atoms with Crippen molar-refractivity contribution in [1.82, 2.24) is 14.9 Å². The normalized spacial score (nSPS) is 12.9. The van der Waals surface area contributed by atoms with Crippen LogP contribution in [0.1, 0.15) is 29.3 Å². The molecule has 0 fully saturated rings. The highest BCUT2D eigenvalue weighted by Crippen LogP contribution is 2.34. The maximum atomic E-state index is 12.9. The van der Waals surface area contributed by atoms with E-state index in [-0.39, 0.29) is 18.0 Å². The number of aryl methyl sites for hydroxylation is 3. The van der Waals surface area contributed by atoms with E-state index in [0.717, 1.165) is 53.8 Å². The molecule has 0 unspecified atom stereocenters. The van der Waals surface area contributed by atoms with Gasteiger partial charge in [0.2, 0.25) is 5.91 Å². The van der Waals surface area contributed by atoms with Gasteiger partial charge in [-0.2, -0.15) is 0 Å². The summed E-state index contributed by atoms with van der Waals surface area (Å²) in [6.45, 7) is 6.29. The summed E-state index contributed by atoms with van der Waals surface area (Å²) in [6, 6.07) is 8.34. The molecule has 0 saturated carbocycles. The number of benzene rings is 1. The first-order chi connectivity index (χ1) is 14.1. The maximum absolute atomic E-state index is 12.9. The predicted molar refractivity (Wildman–Crippen MR) is 118 cm³/mol. The zero-order chi connectivity index (χ0) is 20.4. The fraction of sp³-hybridized carbons (Fsp3) is 0.409. The van der Waals surface area contributed by atoms with Crippen molar-refractivity contribution in [2.45, 2.75) is 39.7 Å². The lowest BCUT2D eigenvalue weighted by molar-refractivity contribution is -0.121. The van der Waals surface area contributed by atoms with Crippen LogP contribution in [-0.2, 0) is 24.2 Å². The first-order valence-electron chi connectivity index (χ1n) is 10.1. The zero-order valence-electron chi connectivity index (χ0n) is 16.9. The molecule has 7 heteroatoms. The van der Waals surface area contributed by atoms with Crippen LogP contribution >= 0.6 is 11.3 Å². The summed E-state index contributed by atoms with van der Waals surface area (Å²) >= 11 is 1.62.